The molecule has 1 aromatic carbocycles. The van der Waals surface area contributed by atoms with Crippen molar-refractivity contribution in [3.63, 3.8) is 0 Å². The van der Waals surface area contributed by atoms with Crippen molar-refractivity contribution in [3.05, 3.63) is 39.8 Å². The summed E-state index contributed by atoms with van der Waals surface area (Å²) in [4.78, 5) is 18.3. The van der Waals surface area contributed by atoms with Gasteiger partial charge in [0, 0.05) is 16.5 Å². The van der Waals surface area contributed by atoms with Gasteiger partial charge in [0.2, 0.25) is 0 Å². The van der Waals surface area contributed by atoms with Gasteiger partial charge in [-0.15, -0.1) is 0 Å². The number of rotatable bonds is 3. The Hall–Kier alpha value is -1.46. The molecule has 0 saturated carbocycles. The maximum absolute atomic E-state index is 11.0. The van der Waals surface area contributed by atoms with Gasteiger partial charge in [-0.3, -0.25) is 9.79 Å². The molecule has 6 heteroatoms. The number of carboxylic acid groups (broad SMARTS) is 1. The average Bonchev–Trinajstić information content (AvgIpc) is 2.90. The van der Waals surface area contributed by atoms with Crippen LogP contribution in [-0.4, -0.2) is 34.2 Å². The summed E-state index contributed by atoms with van der Waals surface area (Å²) in [5.41, 5.74) is 1.94. The van der Waals surface area contributed by atoms with Gasteiger partial charge in [-0.25, -0.2) is 0 Å². The molecule has 1 N–H and O–H groups in total. The first-order chi connectivity index (χ1) is 9.15. The summed E-state index contributed by atoms with van der Waals surface area (Å²) in [7, 11) is 0. The standard InChI is InChI=1S/C13H11ClN2O2S/c14-9-3-1-8(2-4-9)12-10(7-11(17)18)19-13-15-5-6-16(12)13/h1-4H,5-7H2,(H,17,18). The van der Waals surface area contributed by atoms with Crippen molar-refractivity contribution >= 4 is 40.2 Å². The molecule has 1 aromatic rings. The Kier molecular flexibility index (Phi) is 3.24. The second-order valence-corrected chi connectivity index (χ2v) is 5.77. The minimum Gasteiger partial charge on any atom is -0.481 e. The number of amidine groups is 1. The van der Waals surface area contributed by atoms with E-state index in [1.165, 1.54) is 11.8 Å². The van der Waals surface area contributed by atoms with Gasteiger partial charge in [0.05, 0.1) is 18.7 Å². The van der Waals surface area contributed by atoms with Crippen molar-refractivity contribution in [2.24, 2.45) is 4.99 Å². The van der Waals surface area contributed by atoms with E-state index in [1.807, 2.05) is 24.3 Å². The van der Waals surface area contributed by atoms with Crippen LogP contribution in [0.5, 0.6) is 0 Å². The smallest absolute Gasteiger partial charge is 0.308 e. The zero-order valence-corrected chi connectivity index (χ0v) is 11.5. The molecule has 98 valence electrons. The van der Waals surface area contributed by atoms with E-state index in [-0.39, 0.29) is 6.42 Å². The SMILES string of the molecule is O=C(O)CC1=C(c2ccc(Cl)cc2)N2CCN=C2S1. The Balaban J connectivity index is 2.03. The Morgan fingerprint density at radius 2 is 2.16 bits per heavy atom. The fraction of sp³-hybridized carbons (Fsp3) is 0.231. The summed E-state index contributed by atoms with van der Waals surface area (Å²) in [5, 5.41) is 10.6. The molecule has 2 aliphatic heterocycles. The summed E-state index contributed by atoms with van der Waals surface area (Å²) < 4.78 is 0. The van der Waals surface area contributed by atoms with Crippen molar-refractivity contribution in [1.82, 2.24) is 4.90 Å². The molecular weight excluding hydrogens is 284 g/mol. The fourth-order valence-electron chi connectivity index (χ4n) is 2.21. The molecule has 0 aliphatic carbocycles. The van der Waals surface area contributed by atoms with E-state index in [9.17, 15) is 4.79 Å². The average molecular weight is 295 g/mol. The largest absolute Gasteiger partial charge is 0.481 e. The van der Waals surface area contributed by atoms with Crippen molar-refractivity contribution in [1.29, 1.82) is 0 Å². The Morgan fingerprint density at radius 1 is 1.42 bits per heavy atom. The van der Waals surface area contributed by atoms with Crippen molar-refractivity contribution in [3.8, 4) is 0 Å². The summed E-state index contributed by atoms with van der Waals surface area (Å²) >= 11 is 7.36. The topological polar surface area (TPSA) is 52.9 Å². The summed E-state index contributed by atoms with van der Waals surface area (Å²) in [6, 6.07) is 7.47. The van der Waals surface area contributed by atoms with E-state index in [4.69, 9.17) is 16.7 Å². The molecule has 4 nitrogen and oxygen atoms in total. The minimum atomic E-state index is -0.823. The molecule has 0 bridgehead atoms. The third kappa shape index (κ3) is 2.35. The van der Waals surface area contributed by atoms with Crippen molar-refractivity contribution < 1.29 is 9.90 Å². The lowest BCUT2D eigenvalue weighted by molar-refractivity contribution is -0.136. The van der Waals surface area contributed by atoms with E-state index in [2.05, 4.69) is 9.89 Å². The van der Waals surface area contributed by atoms with Gasteiger partial charge >= 0.3 is 5.97 Å². The first-order valence-electron chi connectivity index (χ1n) is 5.86. The van der Waals surface area contributed by atoms with Gasteiger partial charge in [-0.1, -0.05) is 35.5 Å². The number of benzene rings is 1. The Morgan fingerprint density at radius 3 is 2.84 bits per heavy atom. The zero-order valence-electron chi connectivity index (χ0n) is 9.97. The van der Waals surface area contributed by atoms with Gasteiger partial charge in [-0.2, -0.15) is 0 Å². The number of nitrogens with zero attached hydrogens (tertiary/aromatic N) is 2. The maximum atomic E-state index is 11.0. The van der Waals surface area contributed by atoms with Crippen LogP contribution >= 0.6 is 23.4 Å². The van der Waals surface area contributed by atoms with Gasteiger partial charge in [-0.05, 0) is 17.7 Å². The number of carbonyl (C=O) groups is 1. The van der Waals surface area contributed by atoms with E-state index < -0.39 is 5.97 Å². The highest BCUT2D eigenvalue weighted by Gasteiger charge is 2.33. The monoisotopic (exact) mass is 294 g/mol. The number of carboxylic acids is 1. The number of hydrogen-bond donors (Lipinski definition) is 1. The molecule has 0 unspecified atom stereocenters. The number of aliphatic carboxylic acids is 1. The molecule has 3 rings (SSSR count). The lowest BCUT2D eigenvalue weighted by Gasteiger charge is -2.17. The van der Waals surface area contributed by atoms with Crippen LogP contribution in [-0.2, 0) is 4.79 Å². The third-order valence-corrected chi connectivity index (χ3v) is 4.35. The number of thioether (sulfide) groups is 1. The van der Waals surface area contributed by atoms with E-state index >= 15 is 0 Å². The first kappa shape index (κ1) is 12.6. The fourth-order valence-corrected chi connectivity index (χ4v) is 3.53. The highest BCUT2D eigenvalue weighted by Crippen LogP contribution is 2.43. The lowest BCUT2D eigenvalue weighted by atomic mass is 10.1. The Bertz CT molecular complexity index is 595. The van der Waals surface area contributed by atoms with Crippen LogP contribution in [0.1, 0.15) is 12.0 Å². The quantitative estimate of drug-likeness (QED) is 0.931. The predicted molar refractivity (Wildman–Crippen MR) is 77.2 cm³/mol. The normalized spacial score (nSPS) is 17.7. The third-order valence-electron chi connectivity index (χ3n) is 2.98. The van der Waals surface area contributed by atoms with Crippen LogP contribution in [0.15, 0.2) is 34.2 Å². The van der Waals surface area contributed by atoms with Crippen LogP contribution in [0.4, 0.5) is 0 Å². The maximum Gasteiger partial charge on any atom is 0.308 e. The molecule has 2 heterocycles. The number of halogens is 1. The molecule has 0 aromatic heterocycles. The van der Waals surface area contributed by atoms with Crippen LogP contribution in [0, 0.1) is 0 Å². The second-order valence-electron chi connectivity index (χ2n) is 4.27. The molecular formula is C13H11ClN2O2S. The highest BCUT2D eigenvalue weighted by atomic mass is 35.5. The van der Waals surface area contributed by atoms with Gasteiger partial charge in [0.15, 0.2) is 5.17 Å². The van der Waals surface area contributed by atoms with Crippen molar-refractivity contribution in [2.75, 3.05) is 13.1 Å². The molecule has 0 fully saturated rings. The summed E-state index contributed by atoms with van der Waals surface area (Å²) in [6.45, 7) is 1.57. The minimum absolute atomic E-state index is 0.0259. The first-order valence-corrected chi connectivity index (χ1v) is 7.05. The molecule has 0 spiro atoms. The van der Waals surface area contributed by atoms with Gasteiger partial charge in [0.25, 0.3) is 0 Å². The molecule has 19 heavy (non-hydrogen) atoms. The Labute approximate surface area is 119 Å². The number of aliphatic imine (C=N–C) groups is 1. The summed E-state index contributed by atoms with van der Waals surface area (Å²) in [5.74, 6) is -0.823. The highest BCUT2D eigenvalue weighted by molar-refractivity contribution is 8.17. The molecule has 0 saturated heterocycles. The molecule has 0 radical (unpaired) electrons. The van der Waals surface area contributed by atoms with Crippen LogP contribution in [0.25, 0.3) is 5.70 Å². The van der Waals surface area contributed by atoms with E-state index in [0.29, 0.717) is 5.02 Å². The molecule has 2 aliphatic rings. The van der Waals surface area contributed by atoms with Crippen molar-refractivity contribution in [2.45, 2.75) is 6.42 Å². The van der Waals surface area contributed by atoms with E-state index in [1.54, 1.807) is 0 Å². The number of fused-ring (bicyclic) bond motifs is 1. The van der Waals surface area contributed by atoms with Gasteiger partial charge in [0.1, 0.15) is 0 Å². The molecule has 0 amide bonds. The van der Waals surface area contributed by atoms with Crippen LogP contribution in [0.3, 0.4) is 0 Å². The summed E-state index contributed by atoms with van der Waals surface area (Å²) in [6.07, 6.45) is 0.0259. The zero-order chi connectivity index (χ0) is 13.4. The van der Waals surface area contributed by atoms with E-state index in [0.717, 1.165) is 34.4 Å². The lowest BCUT2D eigenvalue weighted by Crippen LogP contribution is -2.20. The van der Waals surface area contributed by atoms with Gasteiger partial charge < -0.3 is 10.0 Å². The second kappa shape index (κ2) is 4.90. The predicted octanol–water partition coefficient (Wildman–Crippen LogP) is 2.90. The van der Waals surface area contributed by atoms with Crippen LogP contribution in [0.2, 0.25) is 5.02 Å². The molecule has 0 atom stereocenters. The number of hydrogen-bond acceptors (Lipinski definition) is 4. The van der Waals surface area contributed by atoms with Crippen LogP contribution < -0.4 is 0 Å².